The molecular weight excluding hydrogens is 284 g/mol. The van der Waals surface area contributed by atoms with Crippen molar-refractivity contribution in [1.82, 2.24) is 0 Å². The van der Waals surface area contributed by atoms with E-state index in [1.807, 2.05) is 0 Å². The summed E-state index contributed by atoms with van der Waals surface area (Å²) in [4.78, 5) is 0. The lowest BCUT2D eigenvalue weighted by Crippen LogP contribution is -2.15. The molecule has 120 valence electrons. The highest BCUT2D eigenvalue weighted by Gasteiger charge is 2.25. The van der Waals surface area contributed by atoms with Gasteiger partial charge in [-0.2, -0.15) is 0 Å². The van der Waals surface area contributed by atoms with Gasteiger partial charge < -0.3 is 9.47 Å². The Morgan fingerprint density at radius 1 is 0.957 bits per heavy atom. The second-order valence-corrected chi connectivity index (χ2v) is 6.82. The molecular formula is C21H24O2. The lowest BCUT2D eigenvalue weighted by molar-refractivity contribution is 0.0847. The van der Waals surface area contributed by atoms with Crippen molar-refractivity contribution in [3.63, 3.8) is 0 Å². The van der Waals surface area contributed by atoms with Gasteiger partial charge in [-0.05, 0) is 54.4 Å². The molecule has 2 aliphatic heterocycles. The van der Waals surface area contributed by atoms with Crippen LogP contribution in [0.2, 0.25) is 0 Å². The van der Waals surface area contributed by atoms with Gasteiger partial charge in [0.1, 0.15) is 5.75 Å². The van der Waals surface area contributed by atoms with Crippen LogP contribution in [0.15, 0.2) is 36.4 Å². The average molecular weight is 308 g/mol. The molecule has 2 heteroatoms. The SMILES string of the molecule is Cc1ccc(Cc2cc3c(c(C4CCOCC4)c2)OCC3)cc1. The summed E-state index contributed by atoms with van der Waals surface area (Å²) in [7, 11) is 0. The van der Waals surface area contributed by atoms with Crippen LogP contribution >= 0.6 is 0 Å². The van der Waals surface area contributed by atoms with Crippen LogP contribution in [-0.4, -0.2) is 19.8 Å². The summed E-state index contributed by atoms with van der Waals surface area (Å²) in [5.74, 6) is 1.76. The molecule has 2 aromatic rings. The lowest BCUT2D eigenvalue weighted by atomic mass is 9.87. The first-order valence-electron chi connectivity index (χ1n) is 8.71. The number of aryl methyl sites for hydroxylation is 1. The Kier molecular flexibility index (Phi) is 4.09. The van der Waals surface area contributed by atoms with Crippen LogP contribution in [0.4, 0.5) is 0 Å². The van der Waals surface area contributed by atoms with E-state index in [2.05, 4.69) is 43.3 Å². The smallest absolute Gasteiger partial charge is 0.126 e. The Morgan fingerprint density at radius 3 is 2.52 bits per heavy atom. The molecule has 0 unspecified atom stereocenters. The van der Waals surface area contributed by atoms with Crippen LogP contribution in [-0.2, 0) is 17.6 Å². The van der Waals surface area contributed by atoms with Gasteiger partial charge in [0.15, 0.2) is 0 Å². The maximum Gasteiger partial charge on any atom is 0.126 e. The first-order valence-corrected chi connectivity index (χ1v) is 8.71. The standard InChI is InChI=1S/C21H24O2/c1-15-2-4-16(5-3-15)12-17-13-19-8-11-23-21(19)20(14-17)18-6-9-22-10-7-18/h2-5,13-14,18H,6-12H2,1H3. The summed E-state index contributed by atoms with van der Waals surface area (Å²) in [6, 6.07) is 13.6. The largest absolute Gasteiger partial charge is 0.493 e. The van der Waals surface area contributed by atoms with Gasteiger partial charge in [-0.3, -0.25) is 0 Å². The summed E-state index contributed by atoms with van der Waals surface area (Å²) < 4.78 is 11.5. The second kappa shape index (κ2) is 6.37. The van der Waals surface area contributed by atoms with Gasteiger partial charge in [0.05, 0.1) is 6.61 Å². The molecule has 0 N–H and O–H groups in total. The van der Waals surface area contributed by atoms with E-state index in [-0.39, 0.29) is 0 Å². The molecule has 0 amide bonds. The molecule has 0 radical (unpaired) electrons. The van der Waals surface area contributed by atoms with Crippen molar-refractivity contribution in [1.29, 1.82) is 0 Å². The fourth-order valence-corrected chi connectivity index (χ4v) is 3.76. The van der Waals surface area contributed by atoms with Crippen molar-refractivity contribution in [3.05, 3.63) is 64.2 Å². The number of benzene rings is 2. The second-order valence-electron chi connectivity index (χ2n) is 6.82. The molecule has 23 heavy (non-hydrogen) atoms. The Bertz CT molecular complexity index is 682. The van der Waals surface area contributed by atoms with Gasteiger partial charge in [0, 0.05) is 19.6 Å². The van der Waals surface area contributed by atoms with Crippen molar-refractivity contribution in [2.75, 3.05) is 19.8 Å². The Hall–Kier alpha value is -1.80. The third-order valence-corrected chi connectivity index (χ3v) is 5.06. The van der Waals surface area contributed by atoms with Gasteiger partial charge in [-0.25, -0.2) is 0 Å². The summed E-state index contributed by atoms with van der Waals surface area (Å²) in [5, 5.41) is 0. The average Bonchev–Trinajstić information content (AvgIpc) is 3.05. The Balaban J connectivity index is 1.66. The lowest BCUT2D eigenvalue weighted by Gasteiger charge is -2.24. The zero-order chi connectivity index (χ0) is 15.6. The van der Waals surface area contributed by atoms with E-state index in [9.17, 15) is 0 Å². The summed E-state index contributed by atoms with van der Waals surface area (Å²) in [6.45, 7) is 4.72. The highest BCUT2D eigenvalue weighted by Crippen LogP contribution is 2.39. The molecule has 2 nitrogen and oxygen atoms in total. The third kappa shape index (κ3) is 3.13. The number of fused-ring (bicyclic) bond motifs is 1. The molecule has 0 aliphatic carbocycles. The van der Waals surface area contributed by atoms with Crippen molar-refractivity contribution in [2.45, 2.75) is 38.5 Å². The monoisotopic (exact) mass is 308 g/mol. The molecule has 0 aromatic heterocycles. The number of ether oxygens (including phenoxy) is 2. The summed E-state index contributed by atoms with van der Waals surface area (Å²) in [6.07, 6.45) is 4.28. The van der Waals surface area contributed by atoms with Crippen LogP contribution in [0.25, 0.3) is 0 Å². The molecule has 4 rings (SSSR count). The van der Waals surface area contributed by atoms with Crippen LogP contribution in [0.3, 0.4) is 0 Å². The molecule has 0 bridgehead atoms. The summed E-state index contributed by atoms with van der Waals surface area (Å²) in [5.41, 5.74) is 6.94. The van der Waals surface area contributed by atoms with E-state index < -0.39 is 0 Å². The fourth-order valence-electron chi connectivity index (χ4n) is 3.76. The van der Waals surface area contributed by atoms with E-state index in [1.54, 1.807) is 0 Å². The minimum Gasteiger partial charge on any atom is -0.493 e. The Labute approximate surface area is 138 Å². The van der Waals surface area contributed by atoms with Crippen molar-refractivity contribution in [3.8, 4) is 5.75 Å². The first-order chi connectivity index (χ1) is 11.3. The van der Waals surface area contributed by atoms with E-state index in [0.717, 1.165) is 45.5 Å². The number of rotatable bonds is 3. The van der Waals surface area contributed by atoms with Gasteiger partial charge in [-0.15, -0.1) is 0 Å². The van der Waals surface area contributed by atoms with Crippen LogP contribution in [0.5, 0.6) is 5.75 Å². The Morgan fingerprint density at radius 2 is 1.74 bits per heavy atom. The topological polar surface area (TPSA) is 18.5 Å². The molecule has 0 atom stereocenters. The van der Waals surface area contributed by atoms with Crippen LogP contribution < -0.4 is 4.74 Å². The van der Waals surface area contributed by atoms with E-state index in [0.29, 0.717) is 5.92 Å². The van der Waals surface area contributed by atoms with Crippen molar-refractivity contribution in [2.24, 2.45) is 0 Å². The molecule has 1 fully saturated rings. The normalized spacial score (nSPS) is 17.8. The predicted octanol–water partition coefficient (Wildman–Crippen LogP) is 4.41. The van der Waals surface area contributed by atoms with Gasteiger partial charge in [0.2, 0.25) is 0 Å². The first kappa shape index (κ1) is 14.8. The molecule has 2 aromatic carbocycles. The van der Waals surface area contributed by atoms with Gasteiger partial charge >= 0.3 is 0 Å². The minimum absolute atomic E-state index is 0.591. The van der Waals surface area contributed by atoms with Crippen LogP contribution in [0.1, 0.15) is 46.6 Å². The highest BCUT2D eigenvalue weighted by atomic mass is 16.5. The quantitative estimate of drug-likeness (QED) is 0.836. The maximum atomic E-state index is 5.96. The maximum absolute atomic E-state index is 5.96. The van der Waals surface area contributed by atoms with Crippen molar-refractivity contribution >= 4 is 0 Å². The third-order valence-electron chi connectivity index (χ3n) is 5.06. The minimum atomic E-state index is 0.591. The number of hydrogen-bond acceptors (Lipinski definition) is 2. The number of hydrogen-bond donors (Lipinski definition) is 0. The van der Waals surface area contributed by atoms with Crippen LogP contribution in [0, 0.1) is 6.92 Å². The van der Waals surface area contributed by atoms with Crippen molar-refractivity contribution < 1.29 is 9.47 Å². The van der Waals surface area contributed by atoms with Gasteiger partial charge in [0.25, 0.3) is 0 Å². The zero-order valence-electron chi connectivity index (χ0n) is 13.8. The van der Waals surface area contributed by atoms with Gasteiger partial charge in [-0.1, -0.05) is 42.0 Å². The zero-order valence-corrected chi connectivity index (χ0v) is 13.8. The van der Waals surface area contributed by atoms with E-state index in [1.165, 1.54) is 33.6 Å². The van der Waals surface area contributed by atoms with E-state index in [4.69, 9.17) is 9.47 Å². The molecule has 2 heterocycles. The molecule has 1 saturated heterocycles. The highest BCUT2D eigenvalue weighted by molar-refractivity contribution is 5.49. The molecule has 0 spiro atoms. The predicted molar refractivity (Wildman–Crippen MR) is 92.4 cm³/mol. The summed E-state index contributed by atoms with van der Waals surface area (Å²) >= 11 is 0. The molecule has 0 saturated carbocycles. The van der Waals surface area contributed by atoms with E-state index >= 15 is 0 Å². The fraction of sp³-hybridized carbons (Fsp3) is 0.429. The molecule has 2 aliphatic rings.